The minimum absolute atomic E-state index is 0.0856. The second-order valence-corrected chi connectivity index (χ2v) is 10.1. The fourth-order valence-electron chi connectivity index (χ4n) is 4.01. The maximum atomic E-state index is 13.3. The minimum atomic E-state index is -3.81. The Labute approximate surface area is 195 Å². The van der Waals surface area contributed by atoms with Crippen LogP contribution in [0, 0.1) is 13.8 Å². The van der Waals surface area contributed by atoms with Crippen LogP contribution in [0.1, 0.15) is 27.0 Å². The van der Waals surface area contributed by atoms with E-state index in [1.54, 1.807) is 24.3 Å². The molecular weight excluding hydrogens is 434 g/mol. The molecule has 0 saturated carbocycles. The first kappa shape index (κ1) is 23.0. The number of aryl methyl sites for hydroxylation is 2. The largest absolute Gasteiger partial charge is 0.336 e. The SMILES string of the molecule is Cc1ccccc1NS(=O)(=O)c1ccc(C)c(C(=O)N2CCN(Cc3ccccc3)CC2)c1. The molecule has 0 unspecified atom stereocenters. The molecule has 172 valence electrons. The number of rotatable bonds is 6. The average Bonchev–Trinajstić information content (AvgIpc) is 2.81. The Kier molecular flexibility index (Phi) is 6.81. The lowest BCUT2D eigenvalue weighted by Crippen LogP contribution is -2.48. The van der Waals surface area contributed by atoms with Crippen LogP contribution in [0.5, 0.6) is 0 Å². The lowest BCUT2D eigenvalue weighted by atomic mass is 10.1. The van der Waals surface area contributed by atoms with Crippen molar-refractivity contribution in [1.82, 2.24) is 9.80 Å². The number of benzene rings is 3. The Morgan fingerprint density at radius 3 is 2.21 bits per heavy atom. The summed E-state index contributed by atoms with van der Waals surface area (Å²) in [5.74, 6) is -0.125. The number of amides is 1. The number of carbonyl (C=O) groups excluding carboxylic acids is 1. The molecule has 0 aromatic heterocycles. The number of piperazine rings is 1. The van der Waals surface area contributed by atoms with Gasteiger partial charge in [0.25, 0.3) is 15.9 Å². The van der Waals surface area contributed by atoms with Crippen molar-refractivity contribution < 1.29 is 13.2 Å². The smallest absolute Gasteiger partial charge is 0.261 e. The first-order valence-electron chi connectivity index (χ1n) is 11.1. The van der Waals surface area contributed by atoms with Crippen LogP contribution in [0.4, 0.5) is 5.69 Å². The molecule has 1 aliphatic heterocycles. The molecule has 6 nitrogen and oxygen atoms in total. The van der Waals surface area contributed by atoms with Gasteiger partial charge in [-0.3, -0.25) is 14.4 Å². The van der Waals surface area contributed by atoms with Crippen molar-refractivity contribution in [2.24, 2.45) is 0 Å². The first-order chi connectivity index (χ1) is 15.8. The molecular formula is C26H29N3O3S. The number of hydrogen-bond donors (Lipinski definition) is 1. The number of anilines is 1. The predicted molar refractivity (Wildman–Crippen MR) is 131 cm³/mol. The van der Waals surface area contributed by atoms with Gasteiger partial charge in [0, 0.05) is 38.3 Å². The van der Waals surface area contributed by atoms with Gasteiger partial charge in [-0.1, -0.05) is 54.6 Å². The molecule has 1 N–H and O–H groups in total. The van der Waals surface area contributed by atoms with Gasteiger partial charge >= 0.3 is 0 Å². The standard InChI is InChI=1S/C26H29N3O3S/c1-20-12-13-23(33(31,32)27-25-11-7-6-8-21(25)2)18-24(20)26(30)29-16-14-28(15-17-29)19-22-9-4-3-5-10-22/h3-13,18,27H,14-17,19H2,1-2H3. The predicted octanol–water partition coefficient (Wildman–Crippen LogP) is 4.06. The van der Waals surface area contributed by atoms with Gasteiger partial charge in [-0.05, 0) is 48.7 Å². The molecule has 3 aromatic rings. The quantitative estimate of drug-likeness (QED) is 0.599. The highest BCUT2D eigenvalue weighted by molar-refractivity contribution is 7.92. The Balaban J connectivity index is 1.46. The molecule has 0 spiro atoms. The van der Waals surface area contributed by atoms with Crippen LogP contribution in [0.3, 0.4) is 0 Å². The summed E-state index contributed by atoms with van der Waals surface area (Å²) in [5, 5.41) is 0. The number of nitrogens with one attached hydrogen (secondary N) is 1. The fraction of sp³-hybridized carbons (Fsp3) is 0.269. The molecule has 1 aliphatic rings. The molecule has 0 radical (unpaired) electrons. The summed E-state index contributed by atoms with van der Waals surface area (Å²) < 4.78 is 28.6. The first-order valence-corrected chi connectivity index (χ1v) is 12.6. The molecule has 1 heterocycles. The van der Waals surface area contributed by atoms with E-state index in [2.05, 4.69) is 21.8 Å². The van der Waals surface area contributed by atoms with Gasteiger partial charge in [-0.15, -0.1) is 0 Å². The molecule has 1 amide bonds. The van der Waals surface area contributed by atoms with Crippen molar-refractivity contribution >= 4 is 21.6 Å². The summed E-state index contributed by atoms with van der Waals surface area (Å²) in [6.45, 7) is 7.34. The van der Waals surface area contributed by atoms with E-state index >= 15 is 0 Å². The van der Waals surface area contributed by atoms with Crippen molar-refractivity contribution in [2.75, 3.05) is 30.9 Å². The minimum Gasteiger partial charge on any atom is -0.336 e. The Bertz CT molecular complexity index is 1230. The van der Waals surface area contributed by atoms with E-state index in [1.807, 2.05) is 49.1 Å². The zero-order valence-corrected chi connectivity index (χ0v) is 19.8. The molecule has 1 fully saturated rings. The maximum Gasteiger partial charge on any atom is 0.261 e. The van der Waals surface area contributed by atoms with Gasteiger partial charge in [0.05, 0.1) is 10.6 Å². The molecule has 0 bridgehead atoms. The Morgan fingerprint density at radius 1 is 0.848 bits per heavy atom. The third-order valence-electron chi connectivity index (χ3n) is 6.05. The van der Waals surface area contributed by atoms with Crippen LogP contribution in [-0.2, 0) is 16.6 Å². The van der Waals surface area contributed by atoms with E-state index in [-0.39, 0.29) is 10.8 Å². The monoisotopic (exact) mass is 463 g/mol. The zero-order valence-electron chi connectivity index (χ0n) is 19.0. The zero-order chi connectivity index (χ0) is 23.4. The third kappa shape index (κ3) is 5.43. The number of hydrogen-bond acceptors (Lipinski definition) is 4. The highest BCUT2D eigenvalue weighted by Gasteiger charge is 2.25. The third-order valence-corrected chi connectivity index (χ3v) is 7.41. The van der Waals surface area contributed by atoms with Gasteiger partial charge < -0.3 is 4.90 Å². The topological polar surface area (TPSA) is 69.7 Å². The lowest BCUT2D eigenvalue weighted by Gasteiger charge is -2.35. The molecule has 0 aliphatic carbocycles. The van der Waals surface area contributed by atoms with Crippen molar-refractivity contribution in [3.63, 3.8) is 0 Å². The van der Waals surface area contributed by atoms with Crippen molar-refractivity contribution in [2.45, 2.75) is 25.3 Å². The second kappa shape index (κ2) is 9.77. The average molecular weight is 464 g/mol. The summed E-state index contributed by atoms with van der Waals surface area (Å²) in [5.41, 5.74) is 3.81. The van der Waals surface area contributed by atoms with Gasteiger partial charge in [0.15, 0.2) is 0 Å². The number of para-hydroxylation sites is 1. The van der Waals surface area contributed by atoms with E-state index in [0.29, 0.717) is 24.3 Å². The van der Waals surface area contributed by atoms with E-state index in [4.69, 9.17) is 0 Å². The van der Waals surface area contributed by atoms with Gasteiger partial charge in [0.1, 0.15) is 0 Å². The maximum absolute atomic E-state index is 13.3. The van der Waals surface area contributed by atoms with Crippen LogP contribution in [0.2, 0.25) is 0 Å². The van der Waals surface area contributed by atoms with Crippen LogP contribution < -0.4 is 4.72 Å². The highest BCUT2D eigenvalue weighted by Crippen LogP contribution is 2.23. The molecule has 4 rings (SSSR count). The lowest BCUT2D eigenvalue weighted by molar-refractivity contribution is 0.0627. The number of nitrogens with zero attached hydrogens (tertiary/aromatic N) is 2. The van der Waals surface area contributed by atoms with Crippen molar-refractivity contribution in [3.8, 4) is 0 Å². The van der Waals surface area contributed by atoms with E-state index in [0.717, 1.165) is 30.8 Å². The molecule has 33 heavy (non-hydrogen) atoms. The van der Waals surface area contributed by atoms with Gasteiger partial charge in [-0.25, -0.2) is 8.42 Å². The Hall–Kier alpha value is -3.16. The van der Waals surface area contributed by atoms with Crippen LogP contribution in [-0.4, -0.2) is 50.3 Å². The number of carbonyl (C=O) groups is 1. The van der Waals surface area contributed by atoms with Gasteiger partial charge in [0.2, 0.25) is 0 Å². The summed E-state index contributed by atoms with van der Waals surface area (Å²) in [4.78, 5) is 17.5. The van der Waals surface area contributed by atoms with E-state index < -0.39 is 10.0 Å². The van der Waals surface area contributed by atoms with E-state index in [1.165, 1.54) is 11.6 Å². The van der Waals surface area contributed by atoms with Gasteiger partial charge in [-0.2, -0.15) is 0 Å². The summed E-state index contributed by atoms with van der Waals surface area (Å²) in [6, 6.07) is 22.2. The summed E-state index contributed by atoms with van der Waals surface area (Å²) >= 11 is 0. The van der Waals surface area contributed by atoms with Crippen LogP contribution in [0.25, 0.3) is 0 Å². The van der Waals surface area contributed by atoms with Crippen LogP contribution >= 0.6 is 0 Å². The van der Waals surface area contributed by atoms with Crippen LogP contribution in [0.15, 0.2) is 77.7 Å². The summed E-state index contributed by atoms with van der Waals surface area (Å²) in [6.07, 6.45) is 0. The fourth-order valence-corrected chi connectivity index (χ4v) is 5.17. The summed E-state index contributed by atoms with van der Waals surface area (Å²) in [7, 11) is -3.81. The highest BCUT2D eigenvalue weighted by atomic mass is 32.2. The van der Waals surface area contributed by atoms with E-state index in [9.17, 15) is 13.2 Å². The Morgan fingerprint density at radius 2 is 1.52 bits per heavy atom. The number of sulfonamides is 1. The second-order valence-electron chi connectivity index (χ2n) is 8.45. The molecule has 3 aromatic carbocycles. The van der Waals surface area contributed by atoms with Crippen molar-refractivity contribution in [3.05, 3.63) is 95.1 Å². The molecule has 7 heteroatoms. The van der Waals surface area contributed by atoms with Crippen molar-refractivity contribution in [1.29, 1.82) is 0 Å². The molecule has 0 atom stereocenters. The molecule has 1 saturated heterocycles. The normalized spacial score (nSPS) is 14.8.